The second-order valence-corrected chi connectivity index (χ2v) is 8.05. The zero-order chi connectivity index (χ0) is 23.7. The Bertz CT molecular complexity index is 788. The Kier molecular flexibility index (Phi) is 9.71. The van der Waals surface area contributed by atoms with Gasteiger partial charge in [-0.1, -0.05) is 12.1 Å². The van der Waals surface area contributed by atoms with E-state index in [0.29, 0.717) is 70.6 Å². The molecule has 2 aliphatic rings. The van der Waals surface area contributed by atoms with E-state index in [1.54, 1.807) is 26.4 Å². The molecule has 11 heteroatoms. The van der Waals surface area contributed by atoms with Crippen LogP contribution in [0.15, 0.2) is 18.2 Å². The highest BCUT2D eigenvalue weighted by Crippen LogP contribution is 2.33. The molecule has 1 aromatic rings. The number of hydrogen-bond acceptors (Lipinski definition) is 10. The maximum atomic E-state index is 13.2. The molecule has 2 heterocycles. The number of ether oxygens (including phenoxy) is 4. The van der Waals surface area contributed by atoms with Crippen LogP contribution in [0, 0.1) is 6.92 Å². The minimum atomic E-state index is -0.987. The van der Waals surface area contributed by atoms with E-state index in [9.17, 15) is 9.59 Å². The summed E-state index contributed by atoms with van der Waals surface area (Å²) in [5.74, 6) is -0.630. The van der Waals surface area contributed by atoms with Gasteiger partial charge in [0.25, 0.3) is 0 Å². The van der Waals surface area contributed by atoms with Crippen LogP contribution in [0.5, 0.6) is 5.75 Å². The van der Waals surface area contributed by atoms with E-state index >= 15 is 0 Å². The van der Waals surface area contributed by atoms with Gasteiger partial charge in [0, 0.05) is 14.2 Å². The van der Waals surface area contributed by atoms with Crippen molar-refractivity contribution in [1.29, 1.82) is 0 Å². The number of nitrogens with zero attached hydrogens (tertiary/aromatic N) is 1. The number of carbonyl (C=O) groups excluding carboxylic acids is 2. The van der Waals surface area contributed by atoms with Crippen LogP contribution in [0.1, 0.15) is 15.9 Å². The minimum absolute atomic E-state index is 0.185. The summed E-state index contributed by atoms with van der Waals surface area (Å²) >= 11 is 0. The van der Waals surface area contributed by atoms with E-state index in [1.807, 2.05) is 13.0 Å². The number of nitrogens with one attached hydrogen (secondary N) is 2. The molecule has 1 atom stereocenters. The summed E-state index contributed by atoms with van der Waals surface area (Å²) in [5, 5.41) is 0. The number of benzene rings is 1. The largest absolute Gasteiger partial charge is 0.434 e. The molecule has 0 bridgehead atoms. The van der Waals surface area contributed by atoms with Crippen molar-refractivity contribution in [3.63, 3.8) is 0 Å². The minimum Gasteiger partial charge on any atom is -0.434 e. The van der Waals surface area contributed by atoms with Gasteiger partial charge in [0.05, 0.1) is 45.2 Å². The Labute approximate surface area is 193 Å². The summed E-state index contributed by atoms with van der Waals surface area (Å²) in [5.41, 5.74) is 6.98. The summed E-state index contributed by atoms with van der Waals surface area (Å²) in [6.07, 6.45) is -1.50. The number of ketones is 2. The lowest BCUT2D eigenvalue weighted by Crippen LogP contribution is -2.71. The van der Waals surface area contributed by atoms with Crippen molar-refractivity contribution in [2.24, 2.45) is 0 Å². The smallest absolute Gasteiger partial charge is 0.302 e. The van der Waals surface area contributed by atoms with E-state index in [2.05, 4.69) is 11.0 Å². The highest BCUT2D eigenvalue weighted by molar-refractivity contribution is 6.46. The maximum Gasteiger partial charge on any atom is 0.302 e. The van der Waals surface area contributed by atoms with Gasteiger partial charge in [-0.25, -0.2) is 0 Å². The van der Waals surface area contributed by atoms with Gasteiger partial charge in [-0.3, -0.25) is 23.7 Å². The molecule has 0 saturated carbocycles. The monoisotopic (exact) mass is 468 g/mol. The third kappa shape index (κ3) is 6.34. The molecule has 0 aliphatic carbocycles. The van der Waals surface area contributed by atoms with E-state index < -0.39 is 24.0 Å². The third-order valence-electron chi connectivity index (χ3n) is 5.77. The second kappa shape index (κ2) is 12.5. The number of aryl methyl sites for hydroxylation is 1. The average Bonchev–Trinajstić information content (AvgIpc) is 2.82. The van der Waals surface area contributed by atoms with Crippen LogP contribution in [-0.4, -0.2) is 102 Å². The van der Waals surface area contributed by atoms with E-state index in [0.717, 1.165) is 5.56 Å². The number of hydrogen-bond donors (Lipinski definition) is 2. The molecule has 33 heavy (non-hydrogen) atoms. The lowest BCUT2D eigenvalue weighted by molar-refractivity contribution is -0.966. The van der Waals surface area contributed by atoms with Gasteiger partial charge in [-0.2, -0.15) is 11.0 Å². The van der Waals surface area contributed by atoms with Crippen LogP contribution in [0.3, 0.4) is 0 Å². The SMILES string of the molecule is COCCONC(C[N+]1(C2Oc3c(C)cccc3C(=O)C2=O)CCOCC1)NOCCOC. The van der Waals surface area contributed by atoms with Crippen molar-refractivity contribution >= 4 is 11.6 Å². The van der Waals surface area contributed by atoms with Gasteiger partial charge in [-0.15, -0.1) is 0 Å². The predicted octanol–water partition coefficient (Wildman–Crippen LogP) is -0.0264. The fourth-order valence-electron chi connectivity index (χ4n) is 4.01. The number of methoxy groups -OCH3 is 2. The quantitative estimate of drug-likeness (QED) is 0.135. The first kappa shape index (κ1) is 25.7. The Morgan fingerprint density at radius 1 is 1.03 bits per heavy atom. The summed E-state index contributed by atoms with van der Waals surface area (Å²) in [6.45, 7) is 5.50. The molecule has 2 aliphatic heterocycles. The summed E-state index contributed by atoms with van der Waals surface area (Å²) < 4.78 is 22.0. The van der Waals surface area contributed by atoms with Crippen molar-refractivity contribution in [3.8, 4) is 5.75 Å². The van der Waals surface area contributed by atoms with Gasteiger partial charge < -0.3 is 18.9 Å². The van der Waals surface area contributed by atoms with Gasteiger partial charge >= 0.3 is 12.0 Å². The van der Waals surface area contributed by atoms with Crippen LogP contribution in [-0.2, 0) is 28.7 Å². The van der Waals surface area contributed by atoms with Crippen molar-refractivity contribution in [2.75, 3.05) is 73.5 Å². The molecular weight excluding hydrogens is 434 g/mol. The molecule has 11 nitrogen and oxygen atoms in total. The number of rotatable bonds is 13. The molecule has 2 N–H and O–H groups in total. The van der Waals surface area contributed by atoms with Crippen molar-refractivity contribution in [2.45, 2.75) is 19.3 Å². The summed E-state index contributed by atoms with van der Waals surface area (Å²) in [4.78, 5) is 37.2. The molecule has 1 saturated heterocycles. The van der Waals surface area contributed by atoms with Crippen molar-refractivity contribution in [1.82, 2.24) is 11.0 Å². The molecule has 184 valence electrons. The van der Waals surface area contributed by atoms with E-state index in [-0.39, 0.29) is 4.48 Å². The van der Waals surface area contributed by atoms with Crippen LogP contribution >= 0.6 is 0 Å². The number of carbonyl (C=O) groups is 2. The second-order valence-electron chi connectivity index (χ2n) is 8.05. The van der Waals surface area contributed by atoms with E-state index in [4.69, 9.17) is 28.6 Å². The van der Waals surface area contributed by atoms with Crippen LogP contribution in [0.25, 0.3) is 0 Å². The van der Waals surface area contributed by atoms with Gasteiger partial charge in [-0.05, 0) is 18.6 Å². The first-order valence-electron chi connectivity index (χ1n) is 11.0. The first-order valence-corrected chi connectivity index (χ1v) is 11.0. The topological polar surface area (TPSA) is 114 Å². The lowest BCUT2D eigenvalue weighted by atomic mass is 9.98. The van der Waals surface area contributed by atoms with Crippen LogP contribution in [0.4, 0.5) is 0 Å². The van der Waals surface area contributed by atoms with Gasteiger partial charge in [0.15, 0.2) is 6.17 Å². The van der Waals surface area contributed by atoms with E-state index in [1.165, 1.54) is 0 Å². The molecule has 0 spiro atoms. The molecule has 3 rings (SSSR count). The normalized spacial score (nSPS) is 20.1. The Hall–Kier alpha value is -1.96. The fourth-order valence-corrected chi connectivity index (χ4v) is 4.01. The fraction of sp³-hybridized carbons (Fsp3) is 0.636. The zero-order valence-corrected chi connectivity index (χ0v) is 19.5. The molecule has 1 fully saturated rings. The number of para-hydroxylation sites is 1. The summed E-state index contributed by atoms with van der Waals surface area (Å²) in [6, 6.07) is 5.24. The number of quaternary nitrogens is 1. The molecule has 0 amide bonds. The first-order chi connectivity index (χ1) is 16.0. The number of morpholine rings is 1. The van der Waals surface area contributed by atoms with Gasteiger partial charge in [0.1, 0.15) is 25.4 Å². The predicted molar refractivity (Wildman–Crippen MR) is 116 cm³/mol. The zero-order valence-electron chi connectivity index (χ0n) is 19.5. The molecule has 1 aromatic carbocycles. The van der Waals surface area contributed by atoms with Crippen molar-refractivity contribution in [3.05, 3.63) is 29.3 Å². The third-order valence-corrected chi connectivity index (χ3v) is 5.77. The van der Waals surface area contributed by atoms with Crippen LogP contribution < -0.4 is 15.7 Å². The highest BCUT2D eigenvalue weighted by Gasteiger charge is 2.51. The van der Waals surface area contributed by atoms with Gasteiger partial charge in [0.2, 0.25) is 5.78 Å². The maximum absolute atomic E-state index is 13.2. The Morgan fingerprint density at radius 3 is 2.27 bits per heavy atom. The Morgan fingerprint density at radius 2 is 1.67 bits per heavy atom. The van der Waals surface area contributed by atoms with Crippen molar-refractivity contribution < 1.29 is 42.7 Å². The lowest BCUT2D eigenvalue weighted by Gasteiger charge is -2.47. The number of fused-ring (bicyclic) bond motifs is 1. The molecule has 0 radical (unpaired) electrons. The standard InChI is InChI=1S/C22H34N3O8/c1-16-5-4-6-17-19(26)20(27)22(33-21(16)17)25(7-9-30-10-8-25)15-18(23-31-13-11-28-2)24-32-14-12-29-3/h4-6,18,22-24H,7-15H2,1-3H3/q+1. The highest BCUT2D eigenvalue weighted by atomic mass is 16.7. The Balaban J connectivity index is 1.82. The molecule has 0 aromatic heterocycles. The molecular formula is C22H34N3O8+. The average molecular weight is 469 g/mol. The molecule has 1 unspecified atom stereocenters. The number of hydroxylamine groups is 2. The van der Waals surface area contributed by atoms with Crippen LogP contribution in [0.2, 0.25) is 0 Å². The number of Topliss-reactive ketones (excluding diaryl/α,β-unsaturated/α-hetero) is 2. The summed E-state index contributed by atoms with van der Waals surface area (Å²) in [7, 11) is 3.17.